The molecule has 0 aliphatic carbocycles. The zero-order chi connectivity index (χ0) is 18.3. The maximum absolute atomic E-state index is 12.0. The quantitative estimate of drug-likeness (QED) is 0.667. The van der Waals surface area contributed by atoms with Crippen LogP contribution in [-0.4, -0.2) is 39.9 Å². The molecule has 1 aromatic carbocycles. The third kappa shape index (κ3) is 6.62. The van der Waals surface area contributed by atoms with E-state index in [0.717, 1.165) is 17.3 Å². The van der Waals surface area contributed by atoms with Gasteiger partial charge in [0.1, 0.15) is 6.04 Å². The highest BCUT2D eigenvalue weighted by Crippen LogP contribution is 2.14. The average molecular weight is 352 g/mol. The van der Waals surface area contributed by atoms with Crippen LogP contribution in [0.4, 0.5) is 5.69 Å². The van der Waals surface area contributed by atoms with E-state index in [1.807, 2.05) is 31.2 Å². The van der Waals surface area contributed by atoms with Gasteiger partial charge in [-0.05, 0) is 31.9 Å². The van der Waals surface area contributed by atoms with Crippen LogP contribution in [0.3, 0.4) is 0 Å². The molecule has 1 rings (SSSR count). The maximum atomic E-state index is 12.0. The van der Waals surface area contributed by atoms with E-state index in [2.05, 4.69) is 10.6 Å². The molecular formula is C17H24N2O4S. The van der Waals surface area contributed by atoms with Crippen LogP contribution in [0.15, 0.2) is 24.3 Å². The summed E-state index contributed by atoms with van der Waals surface area (Å²) >= 11 is 1.16. The highest BCUT2D eigenvalue weighted by atomic mass is 32.2. The topological polar surface area (TPSA) is 95.5 Å². The van der Waals surface area contributed by atoms with Crippen LogP contribution < -0.4 is 10.6 Å². The van der Waals surface area contributed by atoms with Gasteiger partial charge in [0.25, 0.3) is 0 Å². The summed E-state index contributed by atoms with van der Waals surface area (Å²) < 4.78 is 0. The SMILES string of the molecule is Cc1ccc(NC(=O)CSC(C)C(=O)N[C@H](C(=O)O)C(C)C)cc1. The number of nitrogens with one attached hydrogen (secondary N) is 2. The summed E-state index contributed by atoms with van der Waals surface area (Å²) in [5.41, 5.74) is 1.81. The molecule has 0 heterocycles. The first kappa shape index (κ1) is 20.0. The average Bonchev–Trinajstić information content (AvgIpc) is 2.51. The van der Waals surface area contributed by atoms with Gasteiger partial charge in [-0.3, -0.25) is 9.59 Å². The lowest BCUT2D eigenvalue weighted by Gasteiger charge is -2.20. The summed E-state index contributed by atoms with van der Waals surface area (Å²) in [6, 6.07) is 6.50. The molecule has 2 amide bonds. The standard InChI is InChI=1S/C17H24N2O4S/c1-10(2)15(17(22)23)19-16(21)12(4)24-9-14(20)18-13-7-5-11(3)6-8-13/h5-8,10,12,15H,9H2,1-4H3,(H,18,20)(H,19,21)(H,22,23)/t12?,15-/m0/s1. The zero-order valence-electron chi connectivity index (χ0n) is 14.3. The van der Waals surface area contributed by atoms with Gasteiger partial charge in [-0.25, -0.2) is 4.79 Å². The van der Waals surface area contributed by atoms with Crippen molar-refractivity contribution in [3.8, 4) is 0 Å². The largest absolute Gasteiger partial charge is 0.480 e. The maximum Gasteiger partial charge on any atom is 0.326 e. The third-order valence-electron chi connectivity index (χ3n) is 3.40. The van der Waals surface area contributed by atoms with Crippen molar-refractivity contribution in [2.24, 2.45) is 5.92 Å². The smallest absolute Gasteiger partial charge is 0.326 e. The predicted octanol–water partition coefficient (Wildman–Crippen LogP) is 2.28. The van der Waals surface area contributed by atoms with Crippen molar-refractivity contribution in [1.29, 1.82) is 0 Å². The van der Waals surface area contributed by atoms with E-state index < -0.39 is 17.3 Å². The van der Waals surface area contributed by atoms with E-state index in [4.69, 9.17) is 5.11 Å². The van der Waals surface area contributed by atoms with Crippen LogP contribution in [0.25, 0.3) is 0 Å². The van der Waals surface area contributed by atoms with Gasteiger partial charge in [-0.2, -0.15) is 0 Å². The van der Waals surface area contributed by atoms with E-state index in [0.29, 0.717) is 5.69 Å². The summed E-state index contributed by atoms with van der Waals surface area (Å²) in [4.78, 5) is 35.1. The van der Waals surface area contributed by atoms with Gasteiger partial charge in [0.15, 0.2) is 0 Å². The fraction of sp³-hybridized carbons (Fsp3) is 0.471. The highest BCUT2D eigenvalue weighted by Gasteiger charge is 2.26. The second-order valence-electron chi connectivity index (χ2n) is 5.94. The molecule has 2 atom stereocenters. The van der Waals surface area contributed by atoms with Crippen LogP contribution >= 0.6 is 11.8 Å². The fourth-order valence-corrected chi connectivity index (χ4v) is 2.59. The number of hydrogen-bond donors (Lipinski definition) is 3. The first-order chi connectivity index (χ1) is 11.2. The van der Waals surface area contributed by atoms with Gasteiger partial charge >= 0.3 is 5.97 Å². The van der Waals surface area contributed by atoms with E-state index >= 15 is 0 Å². The Morgan fingerprint density at radius 1 is 1.12 bits per heavy atom. The first-order valence-electron chi connectivity index (χ1n) is 7.72. The van der Waals surface area contributed by atoms with Crippen molar-refractivity contribution < 1.29 is 19.5 Å². The van der Waals surface area contributed by atoms with Crippen LogP contribution in [0.5, 0.6) is 0 Å². The second-order valence-corrected chi connectivity index (χ2v) is 7.27. The molecule has 1 aromatic rings. The second kappa shape index (κ2) is 9.32. The number of rotatable bonds is 8. The summed E-state index contributed by atoms with van der Waals surface area (Å²) in [6.45, 7) is 7.07. The van der Waals surface area contributed by atoms with Crippen LogP contribution in [-0.2, 0) is 14.4 Å². The van der Waals surface area contributed by atoms with Crippen molar-refractivity contribution in [2.45, 2.75) is 39.0 Å². The molecule has 0 fully saturated rings. The van der Waals surface area contributed by atoms with E-state index in [-0.39, 0.29) is 23.5 Å². The van der Waals surface area contributed by atoms with E-state index in [9.17, 15) is 14.4 Å². The lowest BCUT2D eigenvalue weighted by molar-refractivity contribution is -0.143. The van der Waals surface area contributed by atoms with Gasteiger partial charge in [-0.1, -0.05) is 31.5 Å². The molecule has 24 heavy (non-hydrogen) atoms. The number of carboxylic acids is 1. The van der Waals surface area contributed by atoms with Crippen LogP contribution in [0.1, 0.15) is 26.3 Å². The van der Waals surface area contributed by atoms with Gasteiger partial charge in [-0.15, -0.1) is 11.8 Å². The number of amides is 2. The monoisotopic (exact) mass is 352 g/mol. The fourth-order valence-electron chi connectivity index (χ4n) is 1.89. The number of carboxylic acid groups (broad SMARTS) is 1. The Labute approximate surface area is 146 Å². The van der Waals surface area contributed by atoms with Crippen molar-refractivity contribution in [3.63, 3.8) is 0 Å². The van der Waals surface area contributed by atoms with Crippen molar-refractivity contribution >= 4 is 35.2 Å². The number of hydrogen-bond acceptors (Lipinski definition) is 4. The van der Waals surface area contributed by atoms with Gasteiger partial charge in [0.05, 0.1) is 11.0 Å². The summed E-state index contributed by atoms with van der Waals surface area (Å²) in [7, 11) is 0. The Morgan fingerprint density at radius 3 is 2.21 bits per heavy atom. The number of aliphatic carboxylic acids is 1. The van der Waals surface area contributed by atoms with Crippen LogP contribution in [0, 0.1) is 12.8 Å². The molecule has 0 saturated carbocycles. The Balaban J connectivity index is 2.45. The summed E-state index contributed by atoms with van der Waals surface area (Å²) in [5.74, 6) is -1.76. The molecule has 0 saturated heterocycles. The van der Waals surface area contributed by atoms with Crippen LogP contribution in [0.2, 0.25) is 0 Å². The molecule has 0 radical (unpaired) electrons. The molecule has 7 heteroatoms. The number of carbonyl (C=O) groups is 3. The Bertz CT molecular complexity index is 587. The number of carbonyl (C=O) groups excluding carboxylic acids is 2. The molecule has 6 nitrogen and oxygen atoms in total. The van der Waals surface area contributed by atoms with Gasteiger partial charge in [0.2, 0.25) is 11.8 Å². The molecule has 132 valence electrons. The minimum absolute atomic E-state index is 0.113. The van der Waals surface area contributed by atoms with Crippen molar-refractivity contribution in [1.82, 2.24) is 5.32 Å². The zero-order valence-corrected chi connectivity index (χ0v) is 15.1. The first-order valence-corrected chi connectivity index (χ1v) is 8.77. The number of aryl methyl sites for hydroxylation is 1. The molecule has 0 bridgehead atoms. The molecule has 0 aliphatic heterocycles. The normalized spacial score (nSPS) is 13.2. The van der Waals surface area contributed by atoms with Crippen molar-refractivity contribution in [2.75, 3.05) is 11.1 Å². The van der Waals surface area contributed by atoms with Gasteiger partial charge in [0, 0.05) is 5.69 Å². The molecule has 0 aliphatic rings. The number of anilines is 1. The molecule has 3 N–H and O–H groups in total. The number of benzene rings is 1. The molecule has 0 aromatic heterocycles. The van der Waals surface area contributed by atoms with Gasteiger partial charge < -0.3 is 15.7 Å². The summed E-state index contributed by atoms with van der Waals surface area (Å²) in [6.07, 6.45) is 0. The van der Waals surface area contributed by atoms with Crippen molar-refractivity contribution in [3.05, 3.63) is 29.8 Å². The Morgan fingerprint density at radius 2 is 1.71 bits per heavy atom. The molecule has 0 spiro atoms. The van der Waals surface area contributed by atoms with E-state index in [1.165, 1.54) is 0 Å². The highest BCUT2D eigenvalue weighted by molar-refractivity contribution is 8.01. The minimum atomic E-state index is -1.06. The lowest BCUT2D eigenvalue weighted by Crippen LogP contribution is -2.47. The number of thioether (sulfide) groups is 1. The predicted molar refractivity (Wildman–Crippen MR) is 96.1 cm³/mol. The lowest BCUT2D eigenvalue weighted by atomic mass is 10.0. The Hall–Kier alpha value is -2.02. The molecular weight excluding hydrogens is 328 g/mol. The molecule has 1 unspecified atom stereocenters. The Kier molecular flexibility index (Phi) is 7.78. The minimum Gasteiger partial charge on any atom is -0.480 e. The van der Waals surface area contributed by atoms with E-state index in [1.54, 1.807) is 20.8 Å². The third-order valence-corrected chi connectivity index (χ3v) is 4.54. The summed E-state index contributed by atoms with van der Waals surface area (Å²) in [5, 5.41) is 13.8.